The second-order valence-corrected chi connectivity index (χ2v) is 7.00. The third kappa shape index (κ3) is 2.90. The lowest BCUT2D eigenvalue weighted by atomic mass is 10.1. The molecule has 3 aromatic rings. The SMILES string of the molecule is CC1CN(c2nc3ccccc3cc2CO)CC(c2ccsc2)O1. The van der Waals surface area contributed by atoms with Gasteiger partial charge in [0.2, 0.25) is 0 Å². The van der Waals surface area contributed by atoms with Crippen molar-refractivity contribution in [1.29, 1.82) is 0 Å². The minimum Gasteiger partial charge on any atom is -0.392 e. The summed E-state index contributed by atoms with van der Waals surface area (Å²) in [6.07, 6.45) is 0.156. The molecule has 0 bridgehead atoms. The van der Waals surface area contributed by atoms with Crippen LogP contribution in [0.2, 0.25) is 0 Å². The van der Waals surface area contributed by atoms with Crippen molar-refractivity contribution in [2.45, 2.75) is 25.7 Å². The number of pyridine rings is 1. The van der Waals surface area contributed by atoms with Gasteiger partial charge in [0, 0.05) is 24.0 Å². The van der Waals surface area contributed by atoms with Gasteiger partial charge in [-0.05, 0) is 41.4 Å². The van der Waals surface area contributed by atoms with E-state index in [-0.39, 0.29) is 18.8 Å². The largest absolute Gasteiger partial charge is 0.392 e. The van der Waals surface area contributed by atoms with Gasteiger partial charge in [-0.3, -0.25) is 0 Å². The first-order chi connectivity index (χ1) is 11.7. The zero-order valence-corrected chi connectivity index (χ0v) is 14.4. The molecule has 1 aromatic carbocycles. The monoisotopic (exact) mass is 340 g/mol. The Morgan fingerprint density at radius 2 is 2.17 bits per heavy atom. The molecule has 0 spiro atoms. The number of ether oxygens (including phenoxy) is 1. The number of aliphatic hydroxyl groups is 1. The lowest BCUT2D eigenvalue weighted by molar-refractivity contribution is -0.0174. The van der Waals surface area contributed by atoms with Crippen LogP contribution in [0.5, 0.6) is 0 Å². The fraction of sp³-hybridized carbons (Fsp3) is 0.316. The zero-order chi connectivity index (χ0) is 16.5. The van der Waals surface area contributed by atoms with Crippen molar-refractivity contribution >= 4 is 28.1 Å². The average molecular weight is 340 g/mol. The number of benzene rings is 1. The summed E-state index contributed by atoms with van der Waals surface area (Å²) < 4.78 is 6.12. The molecule has 0 saturated carbocycles. The van der Waals surface area contributed by atoms with Gasteiger partial charge in [0.1, 0.15) is 11.9 Å². The quantitative estimate of drug-likeness (QED) is 0.789. The molecule has 24 heavy (non-hydrogen) atoms. The van der Waals surface area contributed by atoms with Gasteiger partial charge >= 0.3 is 0 Å². The van der Waals surface area contributed by atoms with Gasteiger partial charge in [0.25, 0.3) is 0 Å². The van der Waals surface area contributed by atoms with Crippen LogP contribution in [0.4, 0.5) is 5.82 Å². The maximum Gasteiger partial charge on any atom is 0.135 e. The number of nitrogens with zero attached hydrogens (tertiary/aromatic N) is 2. The van der Waals surface area contributed by atoms with Gasteiger partial charge in [0.15, 0.2) is 0 Å². The molecule has 3 heterocycles. The normalized spacial score (nSPS) is 21.3. The average Bonchev–Trinajstić information content (AvgIpc) is 3.14. The van der Waals surface area contributed by atoms with Crippen LogP contribution in [-0.4, -0.2) is 29.3 Å². The molecule has 2 atom stereocenters. The Morgan fingerprint density at radius 3 is 2.96 bits per heavy atom. The predicted molar refractivity (Wildman–Crippen MR) is 97.5 cm³/mol. The van der Waals surface area contributed by atoms with Crippen LogP contribution in [0.15, 0.2) is 47.2 Å². The molecule has 0 amide bonds. The van der Waals surface area contributed by atoms with E-state index in [1.165, 1.54) is 5.56 Å². The molecule has 1 aliphatic heterocycles. The summed E-state index contributed by atoms with van der Waals surface area (Å²) in [5, 5.41) is 15.1. The Hall–Kier alpha value is -1.95. The maximum atomic E-state index is 9.83. The molecule has 4 rings (SSSR count). The van der Waals surface area contributed by atoms with Crippen molar-refractivity contribution < 1.29 is 9.84 Å². The van der Waals surface area contributed by atoms with E-state index in [4.69, 9.17) is 9.72 Å². The van der Waals surface area contributed by atoms with E-state index < -0.39 is 0 Å². The van der Waals surface area contributed by atoms with E-state index in [1.807, 2.05) is 30.3 Å². The highest BCUT2D eigenvalue weighted by Gasteiger charge is 2.28. The van der Waals surface area contributed by atoms with Crippen LogP contribution in [0.1, 0.15) is 24.2 Å². The number of hydrogen-bond donors (Lipinski definition) is 1. The van der Waals surface area contributed by atoms with Crippen molar-refractivity contribution in [1.82, 2.24) is 4.98 Å². The molecular formula is C19H20N2O2S. The Labute approximate surface area is 145 Å². The molecule has 4 nitrogen and oxygen atoms in total. The fourth-order valence-corrected chi connectivity index (χ4v) is 4.01. The van der Waals surface area contributed by atoms with Crippen molar-refractivity contribution in [2.24, 2.45) is 0 Å². The van der Waals surface area contributed by atoms with Crippen LogP contribution in [-0.2, 0) is 11.3 Å². The Bertz CT molecular complexity index is 835. The van der Waals surface area contributed by atoms with Crippen LogP contribution < -0.4 is 4.90 Å². The minimum atomic E-state index is -0.0119. The Kier molecular flexibility index (Phi) is 4.22. The summed E-state index contributed by atoms with van der Waals surface area (Å²) in [5.74, 6) is 0.867. The van der Waals surface area contributed by atoms with Gasteiger partial charge in [0.05, 0.1) is 18.2 Å². The molecule has 2 unspecified atom stereocenters. The van der Waals surface area contributed by atoms with Gasteiger partial charge in [-0.15, -0.1) is 0 Å². The first-order valence-corrected chi connectivity index (χ1v) is 9.11. The zero-order valence-electron chi connectivity index (χ0n) is 13.6. The third-order valence-corrected chi connectivity index (χ3v) is 5.13. The van der Waals surface area contributed by atoms with Crippen LogP contribution in [0, 0.1) is 0 Å². The van der Waals surface area contributed by atoms with Gasteiger partial charge in [-0.1, -0.05) is 18.2 Å². The number of morpholine rings is 1. The van der Waals surface area contributed by atoms with E-state index in [0.29, 0.717) is 0 Å². The summed E-state index contributed by atoms with van der Waals surface area (Å²) in [4.78, 5) is 7.08. The second kappa shape index (κ2) is 6.51. The number of thiophene rings is 1. The topological polar surface area (TPSA) is 45.6 Å². The van der Waals surface area contributed by atoms with Gasteiger partial charge < -0.3 is 14.7 Å². The van der Waals surface area contributed by atoms with Crippen molar-refractivity contribution in [3.05, 3.63) is 58.3 Å². The summed E-state index contributed by atoms with van der Waals surface area (Å²) in [6.45, 7) is 3.60. The highest BCUT2D eigenvalue weighted by Crippen LogP contribution is 2.31. The maximum absolute atomic E-state index is 9.83. The molecule has 0 radical (unpaired) electrons. The van der Waals surface area contributed by atoms with Crippen LogP contribution in [0.25, 0.3) is 10.9 Å². The molecule has 1 aliphatic rings. The summed E-state index contributed by atoms with van der Waals surface area (Å²) >= 11 is 1.69. The molecule has 1 fully saturated rings. The lowest BCUT2D eigenvalue weighted by Crippen LogP contribution is -2.43. The van der Waals surface area contributed by atoms with Gasteiger partial charge in [-0.25, -0.2) is 4.98 Å². The molecular weight excluding hydrogens is 320 g/mol. The van der Waals surface area contributed by atoms with E-state index in [9.17, 15) is 5.11 Å². The molecule has 124 valence electrons. The molecule has 5 heteroatoms. The van der Waals surface area contributed by atoms with E-state index in [1.54, 1.807) is 11.3 Å². The molecule has 0 aliphatic carbocycles. The number of rotatable bonds is 3. The second-order valence-electron chi connectivity index (χ2n) is 6.22. The summed E-state index contributed by atoms with van der Waals surface area (Å²) in [5.41, 5.74) is 3.03. The highest BCUT2D eigenvalue weighted by molar-refractivity contribution is 7.07. The van der Waals surface area contributed by atoms with Crippen LogP contribution >= 0.6 is 11.3 Å². The standard InChI is InChI=1S/C19H20N2O2S/c1-13-9-21(10-18(23-13)15-6-7-24-12-15)19-16(11-22)8-14-4-2-3-5-17(14)20-19/h2-8,12-13,18,22H,9-11H2,1H3. The van der Waals surface area contributed by atoms with Crippen LogP contribution in [0.3, 0.4) is 0 Å². The number of fused-ring (bicyclic) bond motifs is 1. The first-order valence-electron chi connectivity index (χ1n) is 8.16. The Morgan fingerprint density at radius 1 is 1.29 bits per heavy atom. The molecule has 1 N–H and O–H groups in total. The summed E-state index contributed by atoms with van der Waals surface area (Å²) in [6, 6.07) is 12.2. The van der Waals surface area contributed by atoms with Crippen molar-refractivity contribution in [3.63, 3.8) is 0 Å². The minimum absolute atomic E-state index is 0.0119. The number of aliphatic hydroxyl groups excluding tert-OH is 1. The Balaban J connectivity index is 1.72. The highest BCUT2D eigenvalue weighted by atomic mass is 32.1. The number of hydrogen-bond acceptors (Lipinski definition) is 5. The smallest absolute Gasteiger partial charge is 0.135 e. The third-order valence-electron chi connectivity index (χ3n) is 4.43. The van der Waals surface area contributed by atoms with E-state index in [0.717, 1.165) is 35.4 Å². The predicted octanol–water partition coefficient (Wildman–Crippen LogP) is 3.76. The summed E-state index contributed by atoms with van der Waals surface area (Å²) in [7, 11) is 0. The van der Waals surface area contributed by atoms with E-state index >= 15 is 0 Å². The van der Waals surface area contributed by atoms with Crippen molar-refractivity contribution in [2.75, 3.05) is 18.0 Å². The van der Waals surface area contributed by atoms with Crippen molar-refractivity contribution in [3.8, 4) is 0 Å². The number of anilines is 1. The fourth-order valence-electron chi connectivity index (χ4n) is 3.31. The lowest BCUT2D eigenvalue weighted by Gasteiger charge is -2.38. The first kappa shape index (κ1) is 15.6. The number of para-hydroxylation sites is 1. The molecule has 2 aromatic heterocycles. The van der Waals surface area contributed by atoms with E-state index in [2.05, 4.69) is 28.7 Å². The number of aromatic nitrogens is 1. The van der Waals surface area contributed by atoms with Gasteiger partial charge in [-0.2, -0.15) is 11.3 Å². The molecule has 1 saturated heterocycles.